The van der Waals surface area contributed by atoms with E-state index in [4.69, 9.17) is 0 Å². The van der Waals surface area contributed by atoms with Crippen molar-refractivity contribution in [2.45, 2.75) is 46.1 Å². The smallest absolute Gasteiger partial charge is 0.165 e. The van der Waals surface area contributed by atoms with Crippen LogP contribution in [0.1, 0.15) is 49.0 Å². The van der Waals surface area contributed by atoms with Gasteiger partial charge in [0.05, 0.1) is 6.10 Å². The fraction of sp³-hybridized carbons (Fsp3) is 0.533. The fourth-order valence-electron chi connectivity index (χ4n) is 1.70. The first-order valence-corrected chi connectivity index (χ1v) is 6.27. The van der Waals surface area contributed by atoms with E-state index in [2.05, 4.69) is 13.8 Å². The van der Waals surface area contributed by atoms with Crippen LogP contribution in [-0.2, 0) is 0 Å². The molecule has 2 nitrogen and oxygen atoms in total. The first kappa shape index (κ1) is 13.9. The van der Waals surface area contributed by atoms with Gasteiger partial charge in [0, 0.05) is 12.0 Å². The van der Waals surface area contributed by atoms with Gasteiger partial charge >= 0.3 is 0 Å². The Labute approximate surface area is 104 Å². The zero-order valence-corrected chi connectivity index (χ0v) is 10.9. The first-order valence-electron chi connectivity index (χ1n) is 6.27. The highest BCUT2D eigenvalue weighted by Gasteiger charge is 2.12. The number of ketones is 1. The molecule has 1 aromatic rings. The minimum atomic E-state index is -0.508. The van der Waals surface area contributed by atoms with Crippen LogP contribution in [0.5, 0.6) is 0 Å². The summed E-state index contributed by atoms with van der Waals surface area (Å²) in [6, 6.07) is 7.50. The standard InChI is InChI=1S/C15H22O2/c1-11(2)4-9-14(16)10-15(17)13-7-5-12(3)6-8-13/h5-8,11,14,16H,4,9-10H2,1-3H3. The molecule has 1 aromatic carbocycles. The second kappa shape index (κ2) is 6.55. The lowest BCUT2D eigenvalue weighted by atomic mass is 9.99. The SMILES string of the molecule is Cc1ccc(C(=O)CC(O)CCC(C)C)cc1. The van der Waals surface area contributed by atoms with Gasteiger partial charge in [0.2, 0.25) is 0 Å². The molecule has 2 heteroatoms. The first-order chi connectivity index (χ1) is 7.99. The molecule has 0 heterocycles. The Balaban J connectivity index is 2.46. The van der Waals surface area contributed by atoms with Crippen LogP contribution < -0.4 is 0 Å². The van der Waals surface area contributed by atoms with E-state index in [1.54, 1.807) is 0 Å². The summed E-state index contributed by atoms with van der Waals surface area (Å²) in [6.07, 6.45) is 1.39. The maximum absolute atomic E-state index is 11.9. The Kier molecular flexibility index (Phi) is 5.36. The molecule has 0 saturated heterocycles. The molecule has 0 spiro atoms. The molecule has 0 aromatic heterocycles. The Morgan fingerprint density at radius 3 is 2.29 bits per heavy atom. The number of Topliss-reactive ketones (excluding diaryl/α,β-unsaturated/α-hetero) is 1. The predicted octanol–water partition coefficient (Wildman–Crippen LogP) is 3.36. The van der Waals surface area contributed by atoms with Crippen molar-refractivity contribution in [1.82, 2.24) is 0 Å². The molecule has 1 N–H and O–H groups in total. The van der Waals surface area contributed by atoms with E-state index in [1.807, 2.05) is 31.2 Å². The maximum Gasteiger partial charge on any atom is 0.165 e. The summed E-state index contributed by atoms with van der Waals surface area (Å²) in [7, 11) is 0. The molecule has 0 radical (unpaired) electrons. The summed E-state index contributed by atoms with van der Waals surface area (Å²) in [5.74, 6) is 0.598. The van der Waals surface area contributed by atoms with Crippen LogP contribution >= 0.6 is 0 Å². The van der Waals surface area contributed by atoms with Crippen LogP contribution in [-0.4, -0.2) is 17.0 Å². The van der Waals surface area contributed by atoms with Gasteiger partial charge in [-0.25, -0.2) is 0 Å². The topological polar surface area (TPSA) is 37.3 Å². The van der Waals surface area contributed by atoms with Crippen LogP contribution in [0.15, 0.2) is 24.3 Å². The van der Waals surface area contributed by atoms with Gasteiger partial charge in [0.15, 0.2) is 5.78 Å². The average Bonchev–Trinajstić information content (AvgIpc) is 2.27. The monoisotopic (exact) mass is 234 g/mol. The molecule has 0 fully saturated rings. The normalized spacial score (nSPS) is 12.8. The van der Waals surface area contributed by atoms with E-state index in [1.165, 1.54) is 0 Å². The van der Waals surface area contributed by atoms with Gasteiger partial charge < -0.3 is 5.11 Å². The molecule has 0 bridgehead atoms. The molecular formula is C15H22O2. The zero-order chi connectivity index (χ0) is 12.8. The van der Waals surface area contributed by atoms with Crippen molar-refractivity contribution in [1.29, 1.82) is 0 Å². The summed E-state index contributed by atoms with van der Waals surface area (Å²) in [4.78, 5) is 11.9. The number of carbonyl (C=O) groups excluding carboxylic acids is 1. The average molecular weight is 234 g/mol. The van der Waals surface area contributed by atoms with Crippen molar-refractivity contribution < 1.29 is 9.90 Å². The second-order valence-electron chi connectivity index (χ2n) is 5.12. The quantitative estimate of drug-likeness (QED) is 0.766. The van der Waals surface area contributed by atoms with Gasteiger partial charge in [-0.15, -0.1) is 0 Å². The summed E-state index contributed by atoms with van der Waals surface area (Å²) in [6.45, 7) is 6.23. The van der Waals surface area contributed by atoms with E-state index < -0.39 is 6.10 Å². The van der Waals surface area contributed by atoms with Crippen LogP contribution in [0.2, 0.25) is 0 Å². The molecule has 1 atom stereocenters. The van der Waals surface area contributed by atoms with Crippen LogP contribution in [0.25, 0.3) is 0 Å². The van der Waals surface area contributed by atoms with Gasteiger partial charge in [0.1, 0.15) is 0 Å². The lowest BCUT2D eigenvalue weighted by molar-refractivity contribution is 0.0859. The van der Waals surface area contributed by atoms with Gasteiger partial charge in [-0.05, 0) is 25.7 Å². The summed E-state index contributed by atoms with van der Waals surface area (Å²) >= 11 is 0. The molecule has 0 amide bonds. The van der Waals surface area contributed by atoms with E-state index in [0.717, 1.165) is 12.0 Å². The van der Waals surface area contributed by atoms with Crippen molar-refractivity contribution in [3.63, 3.8) is 0 Å². The minimum Gasteiger partial charge on any atom is -0.393 e. The predicted molar refractivity (Wildman–Crippen MR) is 70.2 cm³/mol. The number of hydrogen-bond acceptors (Lipinski definition) is 2. The lowest BCUT2D eigenvalue weighted by Crippen LogP contribution is -2.14. The number of aryl methyl sites for hydroxylation is 1. The number of carbonyl (C=O) groups is 1. The largest absolute Gasteiger partial charge is 0.393 e. The van der Waals surface area contributed by atoms with Crippen molar-refractivity contribution in [2.75, 3.05) is 0 Å². The molecule has 0 saturated carbocycles. The highest BCUT2D eigenvalue weighted by Crippen LogP contribution is 2.13. The minimum absolute atomic E-state index is 0.0289. The van der Waals surface area contributed by atoms with Crippen LogP contribution in [0.4, 0.5) is 0 Å². The van der Waals surface area contributed by atoms with Crippen molar-refractivity contribution in [2.24, 2.45) is 5.92 Å². The molecule has 0 aliphatic carbocycles. The zero-order valence-electron chi connectivity index (χ0n) is 10.9. The molecule has 0 aliphatic heterocycles. The number of hydrogen-bond donors (Lipinski definition) is 1. The molecule has 17 heavy (non-hydrogen) atoms. The highest BCUT2D eigenvalue weighted by atomic mass is 16.3. The third-order valence-corrected chi connectivity index (χ3v) is 2.87. The maximum atomic E-state index is 11.9. The summed E-state index contributed by atoms with van der Waals surface area (Å²) in [5.41, 5.74) is 1.83. The van der Waals surface area contributed by atoms with Crippen molar-refractivity contribution in [3.8, 4) is 0 Å². The van der Waals surface area contributed by atoms with Gasteiger partial charge in [-0.3, -0.25) is 4.79 Å². The summed E-state index contributed by atoms with van der Waals surface area (Å²) in [5, 5.41) is 9.76. The lowest BCUT2D eigenvalue weighted by Gasteiger charge is -2.11. The van der Waals surface area contributed by atoms with E-state index >= 15 is 0 Å². The Hall–Kier alpha value is -1.15. The van der Waals surface area contributed by atoms with Gasteiger partial charge in [0.25, 0.3) is 0 Å². The van der Waals surface area contributed by atoms with Crippen molar-refractivity contribution in [3.05, 3.63) is 35.4 Å². The molecule has 1 unspecified atom stereocenters. The fourth-order valence-corrected chi connectivity index (χ4v) is 1.70. The van der Waals surface area contributed by atoms with Gasteiger partial charge in [-0.1, -0.05) is 43.7 Å². The second-order valence-corrected chi connectivity index (χ2v) is 5.12. The van der Waals surface area contributed by atoms with E-state index in [0.29, 0.717) is 17.9 Å². The van der Waals surface area contributed by atoms with E-state index in [9.17, 15) is 9.90 Å². The number of rotatable bonds is 6. The highest BCUT2D eigenvalue weighted by molar-refractivity contribution is 5.96. The van der Waals surface area contributed by atoms with Crippen LogP contribution in [0.3, 0.4) is 0 Å². The Morgan fingerprint density at radius 1 is 1.18 bits per heavy atom. The summed E-state index contributed by atoms with van der Waals surface area (Å²) < 4.78 is 0. The number of aliphatic hydroxyl groups excluding tert-OH is 1. The third kappa shape index (κ3) is 5.14. The van der Waals surface area contributed by atoms with Gasteiger partial charge in [-0.2, -0.15) is 0 Å². The molecule has 1 rings (SSSR count). The number of aliphatic hydroxyl groups is 1. The van der Waals surface area contributed by atoms with Crippen LogP contribution in [0, 0.1) is 12.8 Å². The third-order valence-electron chi connectivity index (χ3n) is 2.87. The molecular weight excluding hydrogens is 212 g/mol. The molecule has 0 aliphatic rings. The Morgan fingerprint density at radius 2 is 1.76 bits per heavy atom. The van der Waals surface area contributed by atoms with Crippen molar-refractivity contribution >= 4 is 5.78 Å². The molecule has 94 valence electrons. The Bertz CT molecular complexity index is 352. The number of benzene rings is 1. The van der Waals surface area contributed by atoms with E-state index in [-0.39, 0.29) is 12.2 Å².